The summed E-state index contributed by atoms with van der Waals surface area (Å²) in [5.74, 6) is 0. The van der Waals surface area contributed by atoms with Crippen LogP contribution < -0.4 is 10.2 Å². The number of hydrogen-bond donors (Lipinski definition) is 1. The van der Waals surface area contributed by atoms with Gasteiger partial charge in [0.1, 0.15) is 0 Å². The van der Waals surface area contributed by atoms with Crippen molar-refractivity contribution < 1.29 is 4.74 Å². The summed E-state index contributed by atoms with van der Waals surface area (Å²) in [6.45, 7) is 13.1. The number of hydrogen-bond acceptors (Lipinski definition) is 5. The molecule has 4 nitrogen and oxygen atoms in total. The maximum Gasteiger partial charge on any atom is 0.186 e. The van der Waals surface area contributed by atoms with Crippen LogP contribution in [0.25, 0.3) is 6.08 Å². The summed E-state index contributed by atoms with van der Waals surface area (Å²) in [6, 6.07) is 0.410. The first kappa shape index (κ1) is 15.5. The topological polar surface area (TPSA) is 37.4 Å². The molecule has 0 radical (unpaired) electrons. The molecule has 1 aromatic rings. The Morgan fingerprint density at radius 2 is 2.20 bits per heavy atom. The first-order valence-electron chi connectivity index (χ1n) is 7.33. The quantitative estimate of drug-likeness (QED) is 0.906. The SMILES string of the molecule is CCNC(C)C(C)=Cc1sc(N2CCOCC2)nc1C. The fraction of sp³-hybridized carbons (Fsp3) is 0.667. The minimum Gasteiger partial charge on any atom is -0.378 e. The number of likely N-dealkylation sites (N-methyl/N-ethyl adjacent to an activating group) is 1. The molecule has 0 saturated carbocycles. The number of aryl methyl sites for hydroxylation is 1. The maximum atomic E-state index is 5.40. The molecule has 1 N–H and O–H groups in total. The lowest BCUT2D eigenvalue weighted by Crippen LogP contribution is -2.36. The van der Waals surface area contributed by atoms with Gasteiger partial charge in [0.15, 0.2) is 5.13 Å². The number of morpholine rings is 1. The van der Waals surface area contributed by atoms with Crippen molar-refractivity contribution in [3.05, 3.63) is 16.1 Å². The molecule has 112 valence electrons. The molecular weight excluding hydrogens is 270 g/mol. The average molecular weight is 295 g/mol. The van der Waals surface area contributed by atoms with Crippen molar-refractivity contribution in [1.29, 1.82) is 0 Å². The van der Waals surface area contributed by atoms with E-state index in [9.17, 15) is 0 Å². The molecule has 20 heavy (non-hydrogen) atoms. The molecule has 2 heterocycles. The molecule has 5 heteroatoms. The zero-order valence-electron chi connectivity index (χ0n) is 12.9. The maximum absolute atomic E-state index is 5.40. The second-order valence-electron chi connectivity index (χ2n) is 5.21. The van der Waals surface area contributed by atoms with E-state index < -0.39 is 0 Å². The van der Waals surface area contributed by atoms with E-state index >= 15 is 0 Å². The van der Waals surface area contributed by atoms with E-state index in [4.69, 9.17) is 9.72 Å². The van der Waals surface area contributed by atoms with E-state index in [1.165, 1.54) is 10.5 Å². The average Bonchev–Trinajstić information content (AvgIpc) is 2.81. The summed E-state index contributed by atoms with van der Waals surface area (Å²) >= 11 is 1.78. The standard InChI is InChI=1S/C15H25N3OS/c1-5-16-12(3)11(2)10-14-13(4)17-15(20-14)18-6-8-19-9-7-18/h10,12,16H,5-9H2,1-4H3. The summed E-state index contributed by atoms with van der Waals surface area (Å²) in [4.78, 5) is 8.31. The number of aromatic nitrogens is 1. The lowest BCUT2D eigenvalue weighted by Gasteiger charge is -2.26. The number of anilines is 1. The molecule has 1 saturated heterocycles. The summed E-state index contributed by atoms with van der Waals surface area (Å²) < 4.78 is 5.40. The fourth-order valence-electron chi connectivity index (χ4n) is 2.22. The van der Waals surface area contributed by atoms with Crippen LogP contribution in [0.2, 0.25) is 0 Å². The second-order valence-corrected chi connectivity index (χ2v) is 6.22. The Morgan fingerprint density at radius 3 is 2.85 bits per heavy atom. The van der Waals surface area contributed by atoms with Crippen molar-refractivity contribution in [2.75, 3.05) is 37.7 Å². The van der Waals surface area contributed by atoms with Gasteiger partial charge < -0.3 is 15.0 Å². The summed E-state index contributed by atoms with van der Waals surface area (Å²) in [6.07, 6.45) is 2.27. The van der Waals surface area contributed by atoms with E-state index in [1.807, 2.05) is 0 Å². The third-order valence-corrected chi connectivity index (χ3v) is 4.82. The third-order valence-electron chi connectivity index (χ3n) is 3.65. The predicted molar refractivity (Wildman–Crippen MR) is 86.7 cm³/mol. The van der Waals surface area contributed by atoms with Gasteiger partial charge in [-0.3, -0.25) is 0 Å². The lowest BCUT2D eigenvalue weighted by atomic mass is 10.1. The molecule has 1 aliphatic heterocycles. The van der Waals surface area contributed by atoms with Crippen LogP contribution in [0.1, 0.15) is 31.3 Å². The zero-order valence-corrected chi connectivity index (χ0v) is 13.7. The smallest absolute Gasteiger partial charge is 0.186 e. The molecule has 1 fully saturated rings. The van der Waals surface area contributed by atoms with Crippen molar-refractivity contribution in [3.8, 4) is 0 Å². The number of thiazole rings is 1. The van der Waals surface area contributed by atoms with E-state index in [2.05, 4.69) is 44.0 Å². The Bertz CT molecular complexity index is 464. The van der Waals surface area contributed by atoms with Gasteiger partial charge in [-0.15, -0.1) is 0 Å². The van der Waals surface area contributed by atoms with Gasteiger partial charge in [0.25, 0.3) is 0 Å². The van der Waals surface area contributed by atoms with Crippen LogP contribution in [0.5, 0.6) is 0 Å². The monoisotopic (exact) mass is 295 g/mol. The fourth-order valence-corrected chi connectivity index (χ4v) is 3.35. The summed E-state index contributed by atoms with van der Waals surface area (Å²) in [7, 11) is 0. The van der Waals surface area contributed by atoms with Gasteiger partial charge in [-0.1, -0.05) is 23.8 Å². The molecule has 1 aromatic heterocycles. The van der Waals surface area contributed by atoms with Crippen molar-refractivity contribution in [3.63, 3.8) is 0 Å². The van der Waals surface area contributed by atoms with Crippen molar-refractivity contribution in [2.24, 2.45) is 0 Å². The molecule has 0 aliphatic carbocycles. The molecule has 1 atom stereocenters. The van der Waals surface area contributed by atoms with Crippen LogP contribution in [0.3, 0.4) is 0 Å². The Morgan fingerprint density at radius 1 is 1.50 bits per heavy atom. The highest BCUT2D eigenvalue weighted by Gasteiger charge is 2.16. The first-order valence-corrected chi connectivity index (χ1v) is 8.15. The van der Waals surface area contributed by atoms with Crippen LogP contribution >= 0.6 is 11.3 Å². The van der Waals surface area contributed by atoms with Crippen molar-refractivity contribution in [2.45, 2.75) is 33.7 Å². The molecule has 1 aliphatic rings. The van der Waals surface area contributed by atoms with Gasteiger partial charge in [-0.05, 0) is 33.4 Å². The van der Waals surface area contributed by atoms with Crippen LogP contribution in [-0.4, -0.2) is 43.9 Å². The number of rotatable bonds is 5. The van der Waals surface area contributed by atoms with Gasteiger partial charge in [0.05, 0.1) is 23.8 Å². The highest BCUT2D eigenvalue weighted by Crippen LogP contribution is 2.28. The number of nitrogens with one attached hydrogen (secondary N) is 1. The minimum absolute atomic E-state index is 0.410. The van der Waals surface area contributed by atoms with Gasteiger partial charge in [-0.25, -0.2) is 4.98 Å². The van der Waals surface area contributed by atoms with E-state index in [0.717, 1.165) is 43.7 Å². The third kappa shape index (κ3) is 3.81. The number of nitrogens with zero attached hydrogens (tertiary/aromatic N) is 2. The Labute approximate surface area is 125 Å². The van der Waals surface area contributed by atoms with Gasteiger partial charge in [0.2, 0.25) is 0 Å². The molecule has 0 bridgehead atoms. The van der Waals surface area contributed by atoms with E-state index in [-0.39, 0.29) is 0 Å². The molecule has 2 rings (SSSR count). The molecule has 0 spiro atoms. The highest BCUT2D eigenvalue weighted by molar-refractivity contribution is 7.16. The molecule has 0 amide bonds. The second kappa shape index (κ2) is 7.20. The van der Waals surface area contributed by atoms with Crippen LogP contribution in [0.4, 0.5) is 5.13 Å². The van der Waals surface area contributed by atoms with Gasteiger partial charge in [0, 0.05) is 19.1 Å². The lowest BCUT2D eigenvalue weighted by molar-refractivity contribution is 0.122. The molecule has 0 aromatic carbocycles. The molecule has 1 unspecified atom stereocenters. The Kier molecular flexibility index (Phi) is 5.57. The summed E-state index contributed by atoms with van der Waals surface area (Å²) in [5.41, 5.74) is 2.48. The normalized spacial score (nSPS) is 18.4. The van der Waals surface area contributed by atoms with Crippen molar-refractivity contribution in [1.82, 2.24) is 10.3 Å². The van der Waals surface area contributed by atoms with Crippen LogP contribution in [0, 0.1) is 6.92 Å². The van der Waals surface area contributed by atoms with E-state index in [0.29, 0.717) is 6.04 Å². The van der Waals surface area contributed by atoms with Gasteiger partial charge in [-0.2, -0.15) is 0 Å². The van der Waals surface area contributed by atoms with Crippen molar-refractivity contribution >= 4 is 22.5 Å². The largest absolute Gasteiger partial charge is 0.378 e. The molecular formula is C15H25N3OS. The summed E-state index contributed by atoms with van der Waals surface area (Å²) in [5, 5.41) is 4.57. The van der Waals surface area contributed by atoms with Gasteiger partial charge >= 0.3 is 0 Å². The first-order chi connectivity index (χ1) is 9.61. The zero-order chi connectivity index (χ0) is 14.5. The minimum atomic E-state index is 0.410. The predicted octanol–water partition coefficient (Wildman–Crippen LogP) is 2.69. The van der Waals surface area contributed by atoms with Crippen LogP contribution in [0.15, 0.2) is 5.57 Å². The van der Waals surface area contributed by atoms with Crippen LogP contribution in [-0.2, 0) is 4.74 Å². The highest BCUT2D eigenvalue weighted by atomic mass is 32.1. The Balaban J connectivity index is 2.12. The Hall–Kier alpha value is -0.910. The number of ether oxygens (including phenoxy) is 1. The van der Waals surface area contributed by atoms with E-state index in [1.54, 1.807) is 11.3 Å².